The summed E-state index contributed by atoms with van der Waals surface area (Å²) in [5.41, 5.74) is 0. The van der Waals surface area contributed by atoms with Gasteiger partial charge in [-0.15, -0.1) is 0 Å². The van der Waals surface area contributed by atoms with Gasteiger partial charge in [-0.25, -0.2) is 0 Å². The minimum Gasteiger partial charge on any atom is -0.481 e. The monoisotopic (exact) mass is 284 g/mol. The number of hydrogen-bond acceptors (Lipinski definition) is 3. The van der Waals surface area contributed by atoms with E-state index in [0.29, 0.717) is 25.6 Å². The molecule has 1 rings (SSSR count). The van der Waals surface area contributed by atoms with Crippen molar-refractivity contribution in [2.24, 2.45) is 17.8 Å². The standard InChI is InChI=1S/C15H28N2O3/c1-10(2)5-6-12(4)16-14(18)9-17-7-11(3)13(8-17)15(19)20/h10-13H,5-9H2,1-4H3,(H,16,18)(H,19,20)/t11-,12?,13-/m1/s1. The Bertz CT molecular complexity index is 344. The Hall–Kier alpha value is -1.10. The number of nitrogens with one attached hydrogen (secondary N) is 1. The molecule has 1 saturated heterocycles. The second kappa shape index (κ2) is 7.62. The normalized spacial score (nSPS) is 24.9. The molecule has 1 amide bonds. The third kappa shape index (κ3) is 5.49. The molecule has 2 N–H and O–H groups in total. The van der Waals surface area contributed by atoms with E-state index in [4.69, 9.17) is 5.11 Å². The summed E-state index contributed by atoms with van der Waals surface area (Å²) in [5.74, 6) is -0.352. The molecule has 5 nitrogen and oxygen atoms in total. The predicted octanol–water partition coefficient (Wildman–Crippen LogP) is 1.58. The lowest BCUT2D eigenvalue weighted by molar-refractivity contribution is -0.142. The number of carbonyl (C=O) groups excluding carboxylic acids is 1. The van der Waals surface area contributed by atoms with E-state index in [-0.39, 0.29) is 23.8 Å². The fourth-order valence-corrected chi connectivity index (χ4v) is 2.70. The second-order valence-corrected chi connectivity index (χ2v) is 6.56. The van der Waals surface area contributed by atoms with Gasteiger partial charge >= 0.3 is 5.97 Å². The summed E-state index contributed by atoms with van der Waals surface area (Å²) in [6, 6.07) is 0.181. The molecule has 1 heterocycles. The van der Waals surface area contributed by atoms with Gasteiger partial charge in [-0.2, -0.15) is 0 Å². The number of carbonyl (C=O) groups is 2. The van der Waals surface area contributed by atoms with E-state index in [1.54, 1.807) is 0 Å². The van der Waals surface area contributed by atoms with Gasteiger partial charge in [0.15, 0.2) is 0 Å². The van der Waals surface area contributed by atoms with Gasteiger partial charge in [0.2, 0.25) is 5.91 Å². The van der Waals surface area contributed by atoms with E-state index in [0.717, 1.165) is 12.8 Å². The van der Waals surface area contributed by atoms with E-state index < -0.39 is 5.97 Å². The van der Waals surface area contributed by atoms with Gasteiger partial charge in [0.05, 0.1) is 12.5 Å². The summed E-state index contributed by atoms with van der Waals surface area (Å²) in [6.07, 6.45) is 2.08. The highest BCUT2D eigenvalue weighted by Crippen LogP contribution is 2.22. The van der Waals surface area contributed by atoms with Crippen LogP contribution < -0.4 is 5.32 Å². The summed E-state index contributed by atoms with van der Waals surface area (Å²) in [7, 11) is 0. The third-order valence-electron chi connectivity index (χ3n) is 3.96. The first-order chi connectivity index (χ1) is 9.29. The van der Waals surface area contributed by atoms with Crippen LogP contribution in [-0.2, 0) is 9.59 Å². The van der Waals surface area contributed by atoms with Crippen molar-refractivity contribution in [2.75, 3.05) is 19.6 Å². The first-order valence-corrected chi connectivity index (χ1v) is 7.54. The quantitative estimate of drug-likeness (QED) is 0.744. The molecule has 1 unspecified atom stereocenters. The highest BCUT2D eigenvalue weighted by Gasteiger charge is 2.35. The van der Waals surface area contributed by atoms with E-state index in [1.807, 2.05) is 18.7 Å². The van der Waals surface area contributed by atoms with Crippen LogP contribution in [-0.4, -0.2) is 47.6 Å². The van der Waals surface area contributed by atoms with Crippen molar-refractivity contribution < 1.29 is 14.7 Å². The second-order valence-electron chi connectivity index (χ2n) is 6.56. The minimum atomic E-state index is -0.759. The van der Waals surface area contributed by atoms with E-state index in [1.165, 1.54) is 0 Å². The van der Waals surface area contributed by atoms with Crippen LogP contribution in [0, 0.1) is 17.8 Å². The number of rotatable bonds is 7. The number of likely N-dealkylation sites (tertiary alicyclic amines) is 1. The van der Waals surface area contributed by atoms with Crippen molar-refractivity contribution in [3.8, 4) is 0 Å². The number of carboxylic acid groups (broad SMARTS) is 1. The molecule has 0 spiro atoms. The Morgan fingerprint density at radius 2 is 1.90 bits per heavy atom. The number of nitrogens with zero attached hydrogens (tertiary/aromatic N) is 1. The Morgan fingerprint density at radius 1 is 1.25 bits per heavy atom. The zero-order chi connectivity index (χ0) is 15.3. The van der Waals surface area contributed by atoms with Crippen LogP contribution in [0.2, 0.25) is 0 Å². The number of amides is 1. The van der Waals surface area contributed by atoms with Gasteiger partial charge in [0, 0.05) is 19.1 Å². The van der Waals surface area contributed by atoms with Crippen LogP contribution in [0.5, 0.6) is 0 Å². The summed E-state index contributed by atoms with van der Waals surface area (Å²) >= 11 is 0. The molecule has 116 valence electrons. The van der Waals surface area contributed by atoms with E-state index in [9.17, 15) is 9.59 Å². The number of carboxylic acids is 1. The molecular formula is C15H28N2O3. The molecule has 1 fully saturated rings. The van der Waals surface area contributed by atoms with Gasteiger partial charge in [-0.05, 0) is 31.6 Å². The summed E-state index contributed by atoms with van der Waals surface area (Å²) < 4.78 is 0. The Labute approximate surface area is 121 Å². The van der Waals surface area contributed by atoms with Gasteiger partial charge in [0.1, 0.15) is 0 Å². The summed E-state index contributed by atoms with van der Waals surface area (Å²) in [5, 5.41) is 12.1. The molecule has 0 aromatic carbocycles. The first-order valence-electron chi connectivity index (χ1n) is 7.54. The average Bonchev–Trinajstić information content (AvgIpc) is 2.67. The van der Waals surface area contributed by atoms with E-state index >= 15 is 0 Å². The summed E-state index contributed by atoms with van der Waals surface area (Å²) in [4.78, 5) is 24.9. The molecule has 0 saturated carbocycles. The van der Waals surface area contributed by atoms with Crippen LogP contribution in [0.3, 0.4) is 0 Å². The van der Waals surface area contributed by atoms with Gasteiger partial charge in [0.25, 0.3) is 0 Å². The maximum absolute atomic E-state index is 11.9. The molecule has 0 bridgehead atoms. The fraction of sp³-hybridized carbons (Fsp3) is 0.867. The van der Waals surface area contributed by atoms with Crippen molar-refractivity contribution in [2.45, 2.75) is 46.6 Å². The lowest BCUT2D eigenvalue weighted by Crippen LogP contribution is -2.40. The Balaban J connectivity index is 2.31. The van der Waals surface area contributed by atoms with Crippen LogP contribution in [0.15, 0.2) is 0 Å². The number of aliphatic carboxylic acids is 1. The largest absolute Gasteiger partial charge is 0.481 e. The third-order valence-corrected chi connectivity index (χ3v) is 3.96. The maximum atomic E-state index is 11.9. The fourth-order valence-electron chi connectivity index (χ4n) is 2.70. The highest BCUT2D eigenvalue weighted by atomic mass is 16.4. The Kier molecular flexibility index (Phi) is 6.46. The zero-order valence-corrected chi connectivity index (χ0v) is 13.1. The molecule has 20 heavy (non-hydrogen) atoms. The smallest absolute Gasteiger partial charge is 0.308 e. The van der Waals surface area contributed by atoms with Crippen molar-refractivity contribution in [3.05, 3.63) is 0 Å². The summed E-state index contributed by atoms with van der Waals surface area (Å²) in [6.45, 7) is 9.77. The predicted molar refractivity (Wildman–Crippen MR) is 78.4 cm³/mol. The van der Waals surface area contributed by atoms with Crippen LogP contribution in [0.1, 0.15) is 40.5 Å². The molecule has 0 aliphatic carbocycles. The number of hydrogen-bond donors (Lipinski definition) is 2. The average molecular weight is 284 g/mol. The zero-order valence-electron chi connectivity index (χ0n) is 13.1. The molecule has 3 atom stereocenters. The van der Waals surface area contributed by atoms with Crippen LogP contribution >= 0.6 is 0 Å². The molecule has 1 aliphatic rings. The van der Waals surface area contributed by atoms with Crippen LogP contribution in [0.25, 0.3) is 0 Å². The SMILES string of the molecule is CC(C)CCC(C)NC(=O)CN1C[C@@H](C)[C@H](C(=O)O)C1. The van der Waals surface area contributed by atoms with Crippen LogP contribution in [0.4, 0.5) is 0 Å². The molecule has 0 aromatic heterocycles. The van der Waals surface area contributed by atoms with Crippen molar-refractivity contribution in [3.63, 3.8) is 0 Å². The Morgan fingerprint density at radius 3 is 2.40 bits per heavy atom. The van der Waals surface area contributed by atoms with E-state index in [2.05, 4.69) is 19.2 Å². The molecule has 0 radical (unpaired) electrons. The minimum absolute atomic E-state index is 0.000468. The molecule has 1 aliphatic heterocycles. The first kappa shape index (κ1) is 17.0. The molecule has 5 heteroatoms. The van der Waals surface area contributed by atoms with Crippen molar-refractivity contribution >= 4 is 11.9 Å². The van der Waals surface area contributed by atoms with Gasteiger partial charge in [-0.1, -0.05) is 20.8 Å². The van der Waals surface area contributed by atoms with Gasteiger partial charge in [-0.3, -0.25) is 14.5 Å². The lowest BCUT2D eigenvalue weighted by Gasteiger charge is -2.19. The lowest BCUT2D eigenvalue weighted by atomic mass is 9.99. The topological polar surface area (TPSA) is 69.6 Å². The van der Waals surface area contributed by atoms with Gasteiger partial charge < -0.3 is 10.4 Å². The van der Waals surface area contributed by atoms with Crippen molar-refractivity contribution in [1.29, 1.82) is 0 Å². The molecular weight excluding hydrogens is 256 g/mol. The van der Waals surface area contributed by atoms with Crippen molar-refractivity contribution in [1.82, 2.24) is 10.2 Å². The maximum Gasteiger partial charge on any atom is 0.308 e. The highest BCUT2D eigenvalue weighted by molar-refractivity contribution is 5.78. The molecule has 0 aromatic rings.